The summed E-state index contributed by atoms with van der Waals surface area (Å²) in [6, 6.07) is 3.11. The van der Waals surface area contributed by atoms with Crippen LogP contribution < -0.4 is 4.90 Å². The minimum Gasteiger partial charge on any atom is -0.314 e. The normalized spacial score (nSPS) is 11.4. The van der Waals surface area contributed by atoms with Crippen molar-refractivity contribution in [2.75, 3.05) is 18.2 Å². The van der Waals surface area contributed by atoms with Crippen LogP contribution in [0.25, 0.3) is 0 Å². The van der Waals surface area contributed by atoms with Crippen LogP contribution in [0, 0.1) is 0 Å². The molecule has 0 saturated heterocycles. The Labute approximate surface area is 122 Å². The molecule has 8 heteroatoms. The zero-order chi connectivity index (χ0) is 14.8. The Bertz CT molecular complexity index is 601. The zero-order valence-corrected chi connectivity index (χ0v) is 12.9. The number of hydrogen-bond acceptors (Lipinski definition) is 4. The summed E-state index contributed by atoms with van der Waals surface area (Å²) in [7, 11) is -2.05. The summed E-state index contributed by atoms with van der Waals surface area (Å²) in [6.07, 6.45) is 0.931. The van der Waals surface area contributed by atoms with E-state index in [1.54, 1.807) is 13.1 Å². The van der Waals surface area contributed by atoms with Crippen LogP contribution in [0.15, 0.2) is 12.1 Å². The van der Waals surface area contributed by atoms with E-state index in [4.69, 9.17) is 23.2 Å². The third-order valence-electron chi connectivity index (χ3n) is 2.42. The van der Waals surface area contributed by atoms with Crippen LogP contribution in [0.4, 0.5) is 5.69 Å². The van der Waals surface area contributed by atoms with Crippen LogP contribution >= 0.6 is 23.2 Å². The van der Waals surface area contributed by atoms with E-state index in [0.29, 0.717) is 11.3 Å². The van der Waals surface area contributed by atoms with Gasteiger partial charge in [-0.05, 0) is 12.1 Å². The molecule has 0 atom stereocenters. The topological polar surface area (TPSA) is 63.7 Å². The fourth-order valence-corrected chi connectivity index (χ4v) is 2.25. The maximum Gasteiger partial charge on any atom is 0.264 e. The minimum atomic E-state index is -3.60. The van der Waals surface area contributed by atoms with Crippen molar-refractivity contribution in [1.82, 2.24) is 0 Å². The molecule has 1 aromatic rings. The summed E-state index contributed by atoms with van der Waals surface area (Å²) >= 11 is 12.1. The van der Waals surface area contributed by atoms with Crippen LogP contribution in [-0.4, -0.2) is 27.6 Å². The zero-order valence-electron chi connectivity index (χ0n) is 10.6. The molecule has 0 aliphatic heterocycles. The molecular formula is C11H13Cl2NO4S. The molecule has 0 saturated carbocycles. The van der Waals surface area contributed by atoms with Gasteiger partial charge in [0.25, 0.3) is 10.1 Å². The van der Waals surface area contributed by atoms with Gasteiger partial charge in [-0.15, -0.1) is 0 Å². The van der Waals surface area contributed by atoms with Gasteiger partial charge in [-0.1, -0.05) is 23.2 Å². The van der Waals surface area contributed by atoms with Crippen LogP contribution in [0.2, 0.25) is 10.0 Å². The largest absolute Gasteiger partial charge is 0.314 e. The first kappa shape index (κ1) is 16.2. The second-order valence-electron chi connectivity index (χ2n) is 3.90. The quantitative estimate of drug-likeness (QED) is 0.797. The van der Waals surface area contributed by atoms with E-state index >= 15 is 0 Å². The third kappa shape index (κ3) is 4.35. The molecule has 0 heterocycles. The first-order valence-electron chi connectivity index (χ1n) is 5.19. The Balaban J connectivity index is 3.17. The summed E-state index contributed by atoms with van der Waals surface area (Å²) in [5, 5.41) is 0.461. The molecule has 0 N–H and O–H groups in total. The van der Waals surface area contributed by atoms with Crippen molar-refractivity contribution in [2.45, 2.75) is 13.5 Å². The van der Waals surface area contributed by atoms with Gasteiger partial charge < -0.3 is 4.90 Å². The standard InChI is InChI=1S/C11H13Cl2NO4S/c1-7(15)14(2)10-5-4-9(12)8(11(10)13)6-18-19(3,16)17/h4-5H,6H2,1-3H3. The van der Waals surface area contributed by atoms with Crippen LogP contribution in [-0.2, 0) is 25.7 Å². The number of carbonyl (C=O) groups excluding carboxylic acids is 1. The summed E-state index contributed by atoms with van der Waals surface area (Å²) in [6.45, 7) is 1.10. The number of rotatable bonds is 4. The summed E-state index contributed by atoms with van der Waals surface area (Å²) in [4.78, 5) is 12.7. The monoisotopic (exact) mass is 325 g/mol. The Kier molecular flexibility index (Phi) is 5.20. The predicted octanol–water partition coefficient (Wildman–Crippen LogP) is 2.45. The maximum absolute atomic E-state index is 11.3. The molecule has 5 nitrogen and oxygen atoms in total. The molecule has 0 fully saturated rings. The lowest BCUT2D eigenvalue weighted by atomic mass is 10.2. The molecule has 1 amide bonds. The predicted molar refractivity (Wildman–Crippen MR) is 75.2 cm³/mol. The lowest BCUT2D eigenvalue weighted by Gasteiger charge is -2.19. The van der Waals surface area contributed by atoms with Gasteiger partial charge in [-0.25, -0.2) is 0 Å². The van der Waals surface area contributed by atoms with E-state index in [2.05, 4.69) is 4.18 Å². The smallest absolute Gasteiger partial charge is 0.264 e. The number of halogens is 2. The number of anilines is 1. The highest BCUT2D eigenvalue weighted by Gasteiger charge is 2.17. The average Bonchev–Trinajstić information content (AvgIpc) is 2.26. The van der Waals surface area contributed by atoms with Gasteiger partial charge in [0.1, 0.15) is 0 Å². The molecule has 0 unspecified atom stereocenters. The highest BCUT2D eigenvalue weighted by molar-refractivity contribution is 7.85. The molecule has 1 rings (SSSR count). The van der Waals surface area contributed by atoms with Crippen molar-refractivity contribution in [3.63, 3.8) is 0 Å². The van der Waals surface area contributed by atoms with Crippen molar-refractivity contribution < 1.29 is 17.4 Å². The molecule has 0 radical (unpaired) electrons. The van der Waals surface area contributed by atoms with Crippen molar-refractivity contribution >= 4 is 44.9 Å². The van der Waals surface area contributed by atoms with Crippen molar-refractivity contribution in [1.29, 1.82) is 0 Å². The minimum absolute atomic E-state index is 0.189. The summed E-state index contributed by atoms with van der Waals surface area (Å²) in [5.74, 6) is -0.209. The van der Waals surface area contributed by atoms with Crippen molar-refractivity contribution in [3.8, 4) is 0 Å². The van der Waals surface area contributed by atoms with Crippen molar-refractivity contribution in [3.05, 3.63) is 27.7 Å². The van der Waals surface area contributed by atoms with E-state index < -0.39 is 10.1 Å². The average molecular weight is 326 g/mol. The molecule has 0 spiro atoms. The second kappa shape index (κ2) is 6.09. The fourth-order valence-electron chi connectivity index (χ4n) is 1.31. The molecule has 106 valence electrons. The van der Waals surface area contributed by atoms with Crippen LogP contribution in [0.1, 0.15) is 12.5 Å². The molecule has 1 aromatic carbocycles. The van der Waals surface area contributed by atoms with Crippen LogP contribution in [0.3, 0.4) is 0 Å². The van der Waals surface area contributed by atoms with Gasteiger partial charge >= 0.3 is 0 Å². The lowest BCUT2D eigenvalue weighted by molar-refractivity contribution is -0.116. The summed E-state index contributed by atoms with van der Waals surface area (Å²) < 4.78 is 26.6. The Morgan fingerprint density at radius 1 is 1.37 bits per heavy atom. The lowest BCUT2D eigenvalue weighted by Crippen LogP contribution is -2.23. The fraction of sp³-hybridized carbons (Fsp3) is 0.364. The van der Waals surface area contributed by atoms with E-state index in [0.717, 1.165) is 6.26 Å². The third-order valence-corrected chi connectivity index (χ3v) is 3.74. The molecule has 0 aromatic heterocycles. The van der Waals surface area contributed by atoms with Gasteiger partial charge in [-0.3, -0.25) is 8.98 Å². The molecular weight excluding hydrogens is 313 g/mol. The van der Waals surface area contributed by atoms with E-state index in [9.17, 15) is 13.2 Å². The van der Waals surface area contributed by atoms with E-state index in [1.807, 2.05) is 0 Å². The highest BCUT2D eigenvalue weighted by Crippen LogP contribution is 2.34. The first-order valence-corrected chi connectivity index (χ1v) is 7.76. The molecule has 0 aliphatic rings. The first-order chi connectivity index (χ1) is 8.63. The Morgan fingerprint density at radius 2 is 1.95 bits per heavy atom. The highest BCUT2D eigenvalue weighted by atomic mass is 35.5. The van der Waals surface area contributed by atoms with Gasteiger partial charge in [-0.2, -0.15) is 8.42 Å². The Morgan fingerprint density at radius 3 is 2.42 bits per heavy atom. The number of benzene rings is 1. The maximum atomic E-state index is 11.3. The van der Waals surface area contributed by atoms with Gasteiger partial charge in [0.15, 0.2) is 0 Å². The number of hydrogen-bond donors (Lipinski definition) is 0. The van der Waals surface area contributed by atoms with Gasteiger partial charge in [0, 0.05) is 24.6 Å². The Hall–Kier alpha value is -0.820. The summed E-state index contributed by atoms with van der Waals surface area (Å²) in [5.41, 5.74) is 0.755. The SMILES string of the molecule is CC(=O)N(C)c1ccc(Cl)c(COS(C)(=O)=O)c1Cl. The van der Waals surface area contributed by atoms with Gasteiger partial charge in [0.05, 0.1) is 23.6 Å². The van der Waals surface area contributed by atoms with E-state index in [1.165, 1.54) is 17.9 Å². The van der Waals surface area contributed by atoms with E-state index in [-0.39, 0.29) is 22.6 Å². The molecule has 19 heavy (non-hydrogen) atoms. The second-order valence-corrected chi connectivity index (χ2v) is 6.33. The number of nitrogens with zero attached hydrogens (tertiary/aromatic N) is 1. The molecule has 0 aliphatic carbocycles. The molecule has 0 bridgehead atoms. The van der Waals surface area contributed by atoms with Gasteiger partial charge in [0.2, 0.25) is 5.91 Å². The number of carbonyl (C=O) groups is 1. The number of amides is 1. The van der Waals surface area contributed by atoms with Crippen molar-refractivity contribution in [2.24, 2.45) is 0 Å². The van der Waals surface area contributed by atoms with Crippen LogP contribution in [0.5, 0.6) is 0 Å².